The Balaban J connectivity index is 2.08. The fraction of sp³-hybridized carbons (Fsp3) is 0.312. The van der Waals surface area contributed by atoms with Crippen molar-refractivity contribution in [1.82, 2.24) is 0 Å². The number of carbonyl (C=O) groups is 1. The summed E-state index contributed by atoms with van der Waals surface area (Å²) in [5.74, 6) is 0.659. The second-order valence-electron chi connectivity index (χ2n) is 5.27. The van der Waals surface area contributed by atoms with E-state index in [0.717, 1.165) is 6.42 Å². The first kappa shape index (κ1) is 10.5. The van der Waals surface area contributed by atoms with Crippen LogP contribution in [-0.4, -0.2) is 5.78 Å². The van der Waals surface area contributed by atoms with Gasteiger partial charge in [-0.25, -0.2) is 0 Å². The highest BCUT2D eigenvalue weighted by molar-refractivity contribution is 5.94. The molecule has 17 heavy (non-hydrogen) atoms. The average molecular weight is 224 g/mol. The monoisotopic (exact) mass is 224 g/mol. The Morgan fingerprint density at radius 3 is 2.65 bits per heavy atom. The zero-order valence-corrected chi connectivity index (χ0v) is 9.97. The van der Waals surface area contributed by atoms with Gasteiger partial charge < -0.3 is 0 Å². The summed E-state index contributed by atoms with van der Waals surface area (Å²) in [4.78, 5) is 11.9. The number of ketones is 1. The van der Waals surface area contributed by atoms with Gasteiger partial charge in [0, 0.05) is 17.3 Å². The molecule has 3 aliphatic rings. The smallest absolute Gasteiger partial charge is 0.162 e. The molecule has 0 spiro atoms. The van der Waals surface area contributed by atoms with Gasteiger partial charge in [0.25, 0.3) is 0 Å². The molecule has 0 radical (unpaired) electrons. The number of rotatable bonds is 1. The van der Waals surface area contributed by atoms with E-state index in [2.05, 4.69) is 49.4 Å². The van der Waals surface area contributed by atoms with Crippen LogP contribution in [0.25, 0.3) is 0 Å². The van der Waals surface area contributed by atoms with Crippen molar-refractivity contribution >= 4 is 5.78 Å². The third-order valence-electron chi connectivity index (χ3n) is 4.20. The van der Waals surface area contributed by atoms with E-state index in [0.29, 0.717) is 5.92 Å². The van der Waals surface area contributed by atoms with Gasteiger partial charge in [0.1, 0.15) is 0 Å². The number of carbonyl (C=O) groups excluding carboxylic acids is 1. The Morgan fingerprint density at radius 2 is 1.88 bits per heavy atom. The van der Waals surface area contributed by atoms with Crippen molar-refractivity contribution in [3.8, 4) is 0 Å². The van der Waals surface area contributed by atoms with E-state index in [9.17, 15) is 4.79 Å². The molecule has 3 unspecified atom stereocenters. The normalized spacial score (nSPS) is 35.0. The van der Waals surface area contributed by atoms with Crippen LogP contribution < -0.4 is 0 Å². The lowest BCUT2D eigenvalue weighted by Crippen LogP contribution is -2.34. The first-order valence-corrected chi connectivity index (χ1v) is 6.16. The zero-order valence-electron chi connectivity index (χ0n) is 9.97. The molecule has 1 aromatic rings. The molecule has 0 aromatic heterocycles. The van der Waals surface area contributed by atoms with Gasteiger partial charge in [0.15, 0.2) is 5.78 Å². The van der Waals surface area contributed by atoms with E-state index in [4.69, 9.17) is 0 Å². The van der Waals surface area contributed by atoms with Gasteiger partial charge in [-0.2, -0.15) is 0 Å². The van der Waals surface area contributed by atoms with E-state index in [-0.39, 0.29) is 17.1 Å². The third kappa shape index (κ3) is 1.57. The van der Waals surface area contributed by atoms with Gasteiger partial charge in [0.2, 0.25) is 0 Å². The summed E-state index contributed by atoms with van der Waals surface area (Å²) < 4.78 is 0. The van der Waals surface area contributed by atoms with E-state index in [1.54, 1.807) is 6.08 Å². The summed E-state index contributed by atoms with van der Waals surface area (Å²) in [5.41, 5.74) is 1.39. The van der Waals surface area contributed by atoms with Crippen LogP contribution in [0.5, 0.6) is 0 Å². The predicted octanol–water partition coefficient (Wildman–Crippen LogP) is 3.28. The van der Waals surface area contributed by atoms with Gasteiger partial charge in [0.05, 0.1) is 0 Å². The van der Waals surface area contributed by atoms with Crippen LogP contribution in [0.4, 0.5) is 0 Å². The molecule has 1 heteroatoms. The molecule has 1 aromatic carbocycles. The minimum absolute atomic E-state index is 0.0589. The Labute approximate surface area is 102 Å². The SMILES string of the molecule is CC1(c2ccccc2)CC2C=CC1C=CC2=O. The van der Waals surface area contributed by atoms with Gasteiger partial charge in [-0.05, 0) is 18.1 Å². The predicted molar refractivity (Wildman–Crippen MR) is 68.7 cm³/mol. The molecule has 0 saturated heterocycles. The van der Waals surface area contributed by atoms with Crippen LogP contribution >= 0.6 is 0 Å². The van der Waals surface area contributed by atoms with E-state index in [1.807, 2.05) is 6.07 Å². The molecule has 86 valence electrons. The maximum Gasteiger partial charge on any atom is 0.162 e. The van der Waals surface area contributed by atoms with Gasteiger partial charge in [-0.15, -0.1) is 0 Å². The summed E-state index contributed by atoms with van der Waals surface area (Å²) >= 11 is 0. The first-order chi connectivity index (χ1) is 8.20. The van der Waals surface area contributed by atoms with Crippen molar-refractivity contribution in [1.29, 1.82) is 0 Å². The van der Waals surface area contributed by atoms with Crippen molar-refractivity contribution in [3.05, 3.63) is 60.2 Å². The van der Waals surface area contributed by atoms with Gasteiger partial charge in [-0.1, -0.05) is 55.5 Å². The maximum atomic E-state index is 11.9. The third-order valence-corrected chi connectivity index (χ3v) is 4.20. The van der Waals surface area contributed by atoms with Crippen molar-refractivity contribution in [2.24, 2.45) is 11.8 Å². The quantitative estimate of drug-likeness (QED) is 0.669. The lowest BCUT2D eigenvalue weighted by molar-refractivity contribution is -0.117. The van der Waals surface area contributed by atoms with Gasteiger partial charge in [-0.3, -0.25) is 4.79 Å². The number of benzene rings is 1. The highest BCUT2D eigenvalue weighted by Crippen LogP contribution is 2.45. The molecule has 0 saturated carbocycles. The minimum atomic E-state index is 0.0589. The first-order valence-electron chi connectivity index (χ1n) is 6.16. The van der Waals surface area contributed by atoms with Crippen LogP contribution in [0.3, 0.4) is 0 Å². The minimum Gasteiger partial charge on any atom is -0.294 e. The van der Waals surface area contributed by atoms with Crippen LogP contribution in [0.2, 0.25) is 0 Å². The summed E-state index contributed by atoms with van der Waals surface area (Å²) in [7, 11) is 0. The zero-order chi connectivity index (χ0) is 11.9. The lowest BCUT2D eigenvalue weighted by atomic mass is 9.65. The standard InChI is InChI=1S/C16H16O/c1-16(13-5-3-2-4-6-13)11-12-7-8-14(16)9-10-15(12)17/h2-10,12,14H,11H2,1H3. The molecular weight excluding hydrogens is 208 g/mol. The molecule has 0 amide bonds. The second-order valence-corrected chi connectivity index (χ2v) is 5.27. The number of hydrogen-bond acceptors (Lipinski definition) is 1. The Hall–Kier alpha value is -1.63. The lowest BCUT2D eigenvalue weighted by Gasteiger charge is -2.38. The molecular formula is C16H16O. The summed E-state index contributed by atoms with van der Waals surface area (Å²) in [6.45, 7) is 2.27. The molecule has 0 aliphatic heterocycles. The second kappa shape index (κ2) is 3.69. The van der Waals surface area contributed by atoms with Gasteiger partial charge >= 0.3 is 0 Å². The summed E-state index contributed by atoms with van der Waals surface area (Å²) in [5, 5.41) is 0. The number of hydrogen-bond donors (Lipinski definition) is 0. The fourth-order valence-corrected chi connectivity index (χ4v) is 3.05. The molecule has 1 nitrogen and oxygen atoms in total. The van der Waals surface area contributed by atoms with E-state index >= 15 is 0 Å². The fourth-order valence-electron chi connectivity index (χ4n) is 3.05. The largest absolute Gasteiger partial charge is 0.294 e. The topological polar surface area (TPSA) is 17.1 Å². The molecule has 2 bridgehead atoms. The average Bonchev–Trinajstić information content (AvgIpc) is 2.61. The maximum absolute atomic E-state index is 11.9. The van der Waals surface area contributed by atoms with Crippen molar-refractivity contribution in [2.45, 2.75) is 18.8 Å². The molecule has 0 fully saturated rings. The summed E-state index contributed by atoms with van der Waals surface area (Å²) in [6, 6.07) is 10.5. The van der Waals surface area contributed by atoms with Crippen LogP contribution in [0, 0.1) is 11.8 Å². The Bertz CT molecular complexity index is 498. The van der Waals surface area contributed by atoms with Crippen LogP contribution in [0.15, 0.2) is 54.6 Å². The number of allylic oxidation sites excluding steroid dienone is 4. The van der Waals surface area contributed by atoms with Crippen LogP contribution in [-0.2, 0) is 10.2 Å². The number of fused-ring (bicyclic) bond motifs is 2. The highest BCUT2D eigenvalue weighted by atomic mass is 16.1. The Morgan fingerprint density at radius 1 is 1.12 bits per heavy atom. The van der Waals surface area contributed by atoms with Crippen molar-refractivity contribution < 1.29 is 4.79 Å². The molecule has 0 heterocycles. The Kier molecular flexibility index (Phi) is 2.29. The molecule has 4 rings (SSSR count). The van der Waals surface area contributed by atoms with Crippen LogP contribution in [0.1, 0.15) is 18.9 Å². The van der Waals surface area contributed by atoms with E-state index in [1.165, 1.54) is 5.56 Å². The molecule has 3 atom stereocenters. The molecule has 0 N–H and O–H groups in total. The highest BCUT2D eigenvalue weighted by Gasteiger charge is 2.41. The van der Waals surface area contributed by atoms with E-state index < -0.39 is 0 Å². The summed E-state index contributed by atoms with van der Waals surface area (Å²) in [6.07, 6.45) is 9.03. The molecule has 3 aliphatic carbocycles. The van der Waals surface area contributed by atoms with Crippen molar-refractivity contribution in [2.75, 3.05) is 0 Å². The van der Waals surface area contributed by atoms with Crippen molar-refractivity contribution in [3.63, 3.8) is 0 Å².